The Kier molecular flexibility index (Phi) is 4.71. The third-order valence-electron chi connectivity index (χ3n) is 2.81. The van der Waals surface area contributed by atoms with Gasteiger partial charge in [0.25, 0.3) is 0 Å². The predicted octanol–water partition coefficient (Wildman–Crippen LogP) is 3.05. The number of carboxylic acid groups (broad SMARTS) is 1. The van der Waals surface area contributed by atoms with Crippen LogP contribution in [0.5, 0.6) is 0 Å². The van der Waals surface area contributed by atoms with Crippen LogP contribution < -0.4 is 11.1 Å². The Balaban J connectivity index is 2.40. The van der Waals surface area contributed by atoms with Gasteiger partial charge >= 0.3 is 12.1 Å². The van der Waals surface area contributed by atoms with E-state index in [2.05, 4.69) is 15.3 Å². The Morgan fingerprint density at radius 2 is 2.09 bits per heavy atom. The average molecular weight is 347 g/mol. The van der Waals surface area contributed by atoms with Gasteiger partial charge in [-0.2, -0.15) is 13.2 Å². The molecule has 6 nitrogen and oxygen atoms in total. The van der Waals surface area contributed by atoms with Gasteiger partial charge < -0.3 is 16.2 Å². The Morgan fingerprint density at radius 1 is 1.39 bits per heavy atom. The molecule has 122 valence electrons. The van der Waals surface area contributed by atoms with Crippen molar-refractivity contribution in [3.05, 3.63) is 46.2 Å². The van der Waals surface area contributed by atoms with E-state index in [1.165, 1.54) is 18.2 Å². The van der Waals surface area contributed by atoms with Crippen LogP contribution in [0.3, 0.4) is 0 Å². The summed E-state index contributed by atoms with van der Waals surface area (Å²) >= 11 is 5.89. The van der Waals surface area contributed by atoms with E-state index in [4.69, 9.17) is 22.4 Å². The summed E-state index contributed by atoms with van der Waals surface area (Å²) in [4.78, 5) is 17.7. The van der Waals surface area contributed by atoms with Crippen LogP contribution in [0.1, 0.15) is 21.6 Å². The maximum Gasteiger partial charge on any atom is 0.434 e. The summed E-state index contributed by atoms with van der Waals surface area (Å²) in [5.74, 6) is -2.16. The number of hydrogen-bond acceptors (Lipinski definition) is 5. The van der Waals surface area contributed by atoms with E-state index in [1.54, 1.807) is 0 Å². The van der Waals surface area contributed by atoms with E-state index in [0.29, 0.717) is 22.5 Å². The molecule has 0 saturated carbocycles. The highest BCUT2D eigenvalue weighted by atomic mass is 35.5. The molecule has 4 N–H and O–H groups in total. The number of anilines is 2. The van der Waals surface area contributed by atoms with E-state index < -0.39 is 29.4 Å². The van der Waals surface area contributed by atoms with Crippen molar-refractivity contribution in [2.75, 3.05) is 5.32 Å². The molecule has 2 rings (SSSR count). The molecular formula is C13H10ClF3N4O2. The predicted molar refractivity (Wildman–Crippen MR) is 76.6 cm³/mol. The molecule has 0 aliphatic heterocycles. The van der Waals surface area contributed by atoms with Gasteiger partial charge in [0, 0.05) is 23.5 Å². The van der Waals surface area contributed by atoms with Crippen LogP contribution in [0.25, 0.3) is 0 Å². The highest BCUT2D eigenvalue weighted by Gasteiger charge is 2.38. The van der Waals surface area contributed by atoms with E-state index in [1.807, 2.05) is 0 Å². The fraction of sp³-hybridized carbons (Fsp3) is 0.154. The topological polar surface area (TPSA) is 101 Å². The Hall–Kier alpha value is -2.39. The van der Waals surface area contributed by atoms with Crippen molar-refractivity contribution < 1.29 is 23.1 Å². The summed E-state index contributed by atoms with van der Waals surface area (Å²) in [5.41, 5.74) is 3.88. The van der Waals surface area contributed by atoms with Gasteiger partial charge in [0.2, 0.25) is 5.95 Å². The number of nitrogens with two attached hydrogens (primary N) is 1. The van der Waals surface area contributed by atoms with Crippen LogP contribution in [0.4, 0.5) is 24.8 Å². The number of aromatic nitrogens is 2. The summed E-state index contributed by atoms with van der Waals surface area (Å²) in [5, 5.41) is 11.7. The number of nitrogens with zero attached hydrogens (tertiary/aromatic N) is 2. The molecule has 0 atom stereocenters. The van der Waals surface area contributed by atoms with E-state index in [0.717, 1.165) is 0 Å². The van der Waals surface area contributed by atoms with Crippen LogP contribution >= 0.6 is 11.6 Å². The Labute approximate surface area is 133 Å². The highest BCUT2D eigenvalue weighted by molar-refractivity contribution is 6.31. The number of benzene rings is 1. The number of nitrogens with one attached hydrogen (secondary N) is 1. The van der Waals surface area contributed by atoms with Crippen molar-refractivity contribution in [2.45, 2.75) is 12.7 Å². The summed E-state index contributed by atoms with van der Waals surface area (Å²) in [6.07, 6.45) is -4.32. The van der Waals surface area contributed by atoms with Gasteiger partial charge in [-0.1, -0.05) is 11.6 Å². The van der Waals surface area contributed by atoms with Gasteiger partial charge in [0.05, 0.1) is 0 Å². The smallest absolute Gasteiger partial charge is 0.434 e. The van der Waals surface area contributed by atoms with Crippen molar-refractivity contribution in [3.8, 4) is 0 Å². The van der Waals surface area contributed by atoms with Crippen molar-refractivity contribution in [1.82, 2.24) is 9.97 Å². The molecule has 0 saturated heterocycles. The lowest BCUT2D eigenvalue weighted by molar-refractivity contribution is -0.141. The fourth-order valence-corrected chi connectivity index (χ4v) is 1.95. The van der Waals surface area contributed by atoms with Gasteiger partial charge in [0.1, 0.15) is 5.56 Å². The van der Waals surface area contributed by atoms with Crippen molar-refractivity contribution in [2.24, 2.45) is 5.73 Å². The molecule has 1 aromatic carbocycles. The molecule has 0 aliphatic rings. The minimum atomic E-state index is -4.92. The van der Waals surface area contributed by atoms with Gasteiger partial charge in [-0.25, -0.2) is 14.8 Å². The lowest BCUT2D eigenvalue weighted by Gasteiger charge is -2.12. The summed E-state index contributed by atoms with van der Waals surface area (Å²) in [6.45, 7) is 0.140. The third-order valence-corrected chi connectivity index (χ3v) is 3.18. The minimum Gasteiger partial charge on any atom is -0.478 e. The molecule has 0 bridgehead atoms. The second-order valence-corrected chi connectivity index (χ2v) is 4.80. The summed E-state index contributed by atoms with van der Waals surface area (Å²) in [7, 11) is 0. The van der Waals surface area contributed by atoms with Crippen LogP contribution in [-0.4, -0.2) is 21.0 Å². The zero-order valence-corrected chi connectivity index (χ0v) is 12.1. The van der Waals surface area contributed by atoms with E-state index >= 15 is 0 Å². The SMILES string of the molecule is NCc1cc(Nc2ncc(C(=O)O)c(C(F)(F)F)n2)ccc1Cl. The van der Waals surface area contributed by atoms with Crippen molar-refractivity contribution >= 4 is 29.2 Å². The number of carboxylic acids is 1. The molecular weight excluding hydrogens is 337 g/mol. The number of carbonyl (C=O) groups is 1. The van der Waals surface area contributed by atoms with Crippen LogP contribution in [0.2, 0.25) is 5.02 Å². The minimum absolute atomic E-state index is 0.140. The van der Waals surface area contributed by atoms with Gasteiger partial charge in [-0.15, -0.1) is 0 Å². The molecule has 23 heavy (non-hydrogen) atoms. The number of rotatable bonds is 4. The van der Waals surface area contributed by atoms with Crippen molar-refractivity contribution in [1.29, 1.82) is 0 Å². The average Bonchev–Trinajstić information content (AvgIpc) is 2.48. The molecule has 0 spiro atoms. The van der Waals surface area contributed by atoms with Crippen LogP contribution in [0, 0.1) is 0 Å². The second kappa shape index (κ2) is 6.39. The van der Waals surface area contributed by atoms with Crippen molar-refractivity contribution in [3.63, 3.8) is 0 Å². The number of hydrogen-bond donors (Lipinski definition) is 3. The normalized spacial score (nSPS) is 11.3. The largest absolute Gasteiger partial charge is 0.478 e. The Morgan fingerprint density at radius 3 is 2.65 bits per heavy atom. The molecule has 0 radical (unpaired) electrons. The van der Waals surface area contributed by atoms with Gasteiger partial charge in [-0.05, 0) is 23.8 Å². The van der Waals surface area contributed by atoms with E-state index in [9.17, 15) is 18.0 Å². The van der Waals surface area contributed by atoms with Crippen LogP contribution in [-0.2, 0) is 12.7 Å². The molecule has 0 amide bonds. The molecule has 0 unspecified atom stereocenters. The lowest BCUT2D eigenvalue weighted by atomic mass is 10.2. The Bertz CT molecular complexity index is 752. The second-order valence-electron chi connectivity index (χ2n) is 4.39. The first kappa shape index (κ1) is 17.0. The molecule has 2 aromatic rings. The first-order chi connectivity index (χ1) is 10.7. The monoisotopic (exact) mass is 346 g/mol. The highest BCUT2D eigenvalue weighted by Crippen LogP contribution is 2.31. The molecule has 0 fully saturated rings. The van der Waals surface area contributed by atoms with Crippen LogP contribution in [0.15, 0.2) is 24.4 Å². The standard InChI is InChI=1S/C13H10ClF3N4O2/c14-9-2-1-7(3-6(9)4-18)20-12-19-5-8(11(22)23)10(21-12)13(15,16)17/h1-3,5H,4,18H2,(H,22,23)(H,19,20,21). The summed E-state index contributed by atoms with van der Waals surface area (Å²) < 4.78 is 38.7. The van der Waals surface area contributed by atoms with E-state index in [-0.39, 0.29) is 6.54 Å². The number of alkyl halides is 3. The molecule has 1 heterocycles. The van der Waals surface area contributed by atoms with Gasteiger partial charge in [-0.3, -0.25) is 0 Å². The number of aromatic carboxylic acids is 1. The molecule has 0 aliphatic carbocycles. The maximum absolute atomic E-state index is 12.9. The first-order valence-corrected chi connectivity index (χ1v) is 6.53. The quantitative estimate of drug-likeness (QED) is 0.786. The fourth-order valence-electron chi connectivity index (χ4n) is 1.75. The third kappa shape index (κ3) is 3.88. The maximum atomic E-state index is 12.9. The lowest BCUT2D eigenvalue weighted by Crippen LogP contribution is -2.17. The molecule has 10 heteroatoms. The molecule has 1 aromatic heterocycles. The summed E-state index contributed by atoms with van der Waals surface area (Å²) in [6, 6.07) is 4.55. The first-order valence-electron chi connectivity index (χ1n) is 6.15. The van der Waals surface area contributed by atoms with Gasteiger partial charge in [0.15, 0.2) is 5.69 Å². The number of halogens is 4. The zero-order valence-electron chi connectivity index (χ0n) is 11.4. The zero-order chi connectivity index (χ0) is 17.2.